The van der Waals surface area contributed by atoms with E-state index in [1.165, 1.54) is 16.7 Å². The first kappa shape index (κ1) is 12.2. The van der Waals surface area contributed by atoms with E-state index < -0.39 is 0 Å². The number of nitrogens with one attached hydrogen (secondary N) is 1. The van der Waals surface area contributed by atoms with Gasteiger partial charge in [-0.3, -0.25) is 0 Å². The Bertz CT molecular complexity index is 403. The molecule has 0 radical (unpaired) electrons. The van der Waals surface area contributed by atoms with Gasteiger partial charge in [0.15, 0.2) is 0 Å². The smallest absolute Gasteiger partial charge is 0.114 e. The fourth-order valence-electron chi connectivity index (χ4n) is 2.47. The molecule has 1 heterocycles. The van der Waals surface area contributed by atoms with Crippen LogP contribution in [0.1, 0.15) is 36.1 Å². The second-order valence-electron chi connectivity index (χ2n) is 4.54. The minimum absolute atomic E-state index is 0.212. The van der Waals surface area contributed by atoms with Crippen molar-refractivity contribution in [2.75, 3.05) is 13.2 Å². The molecule has 1 N–H and O–H groups in total. The van der Waals surface area contributed by atoms with Gasteiger partial charge in [0.05, 0.1) is 12.6 Å². The lowest BCUT2D eigenvalue weighted by Crippen LogP contribution is -2.24. The summed E-state index contributed by atoms with van der Waals surface area (Å²) in [5.74, 6) is 1.09. The minimum atomic E-state index is 0.212. The fourth-order valence-corrected chi connectivity index (χ4v) is 2.47. The molecular weight excluding hydrogens is 210 g/mol. The van der Waals surface area contributed by atoms with Gasteiger partial charge < -0.3 is 10.1 Å². The first-order valence-electron chi connectivity index (χ1n) is 6.36. The number of aryl methyl sites for hydroxylation is 2. The molecule has 0 saturated heterocycles. The van der Waals surface area contributed by atoms with E-state index in [2.05, 4.69) is 50.4 Å². The zero-order chi connectivity index (χ0) is 12.3. The van der Waals surface area contributed by atoms with Crippen LogP contribution in [0.2, 0.25) is 0 Å². The molecular formula is C15H21NO. The highest BCUT2D eigenvalue weighted by atomic mass is 16.5. The molecule has 1 aromatic rings. The Balaban J connectivity index is 2.38. The van der Waals surface area contributed by atoms with Crippen LogP contribution in [0.3, 0.4) is 0 Å². The van der Waals surface area contributed by atoms with Crippen molar-refractivity contribution in [2.45, 2.75) is 33.2 Å². The highest BCUT2D eigenvalue weighted by Gasteiger charge is 2.22. The molecule has 1 aromatic carbocycles. The van der Waals surface area contributed by atoms with E-state index in [1.807, 2.05) is 0 Å². The molecule has 0 amide bonds. The quantitative estimate of drug-likeness (QED) is 0.858. The second-order valence-corrected chi connectivity index (χ2v) is 4.54. The van der Waals surface area contributed by atoms with Crippen LogP contribution in [0.4, 0.5) is 0 Å². The molecule has 0 aliphatic carbocycles. The average molecular weight is 231 g/mol. The molecule has 17 heavy (non-hydrogen) atoms. The minimum Gasteiger partial charge on any atom is -0.496 e. The number of benzene rings is 1. The Kier molecular flexibility index (Phi) is 3.85. The van der Waals surface area contributed by atoms with Crippen molar-refractivity contribution in [3.8, 4) is 0 Å². The van der Waals surface area contributed by atoms with Crippen molar-refractivity contribution >= 4 is 0 Å². The van der Waals surface area contributed by atoms with Crippen LogP contribution in [-0.4, -0.2) is 13.2 Å². The van der Waals surface area contributed by atoms with Crippen molar-refractivity contribution in [3.63, 3.8) is 0 Å². The summed E-state index contributed by atoms with van der Waals surface area (Å²) in [4.78, 5) is 0. The zero-order valence-electron chi connectivity index (χ0n) is 10.9. The van der Waals surface area contributed by atoms with E-state index >= 15 is 0 Å². The van der Waals surface area contributed by atoms with Gasteiger partial charge in [0.2, 0.25) is 0 Å². The first-order chi connectivity index (χ1) is 8.24. The van der Waals surface area contributed by atoms with E-state index in [9.17, 15) is 0 Å². The summed E-state index contributed by atoms with van der Waals surface area (Å²) >= 11 is 0. The van der Waals surface area contributed by atoms with Crippen LogP contribution in [0.25, 0.3) is 0 Å². The molecule has 0 bridgehead atoms. The molecule has 0 spiro atoms. The molecule has 1 aliphatic rings. The maximum Gasteiger partial charge on any atom is 0.114 e. The normalized spacial score (nSPS) is 16.5. The molecule has 1 unspecified atom stereocenters. The Morgan fingerprint density at radius 2 is 2.00 bits per heavy atom. The monoisotopic (exact) mass is 231 g/mol. The Labute approximate surface area is 104 Å². The van der Waals surface area contributed by atoms with Crippen LogP contribution in [0.15, 0.2) is 30.0 Å². The average Bonchev–Trinajstić information content (AvgIpc) is 2.80. The maximum atomic E-state index is 5.73. The molecule has 0 aromatic heterocycles. The van der Waals surface area contributed by atoms with Crippen LogP contribution in [-0.2, 0) is 4.74 Å². The summed E-state index contributed by atoms with van der Waals surface area (Å²) in [7, 11) is 0. The van der Waals surface area contributed by atoms with Crippen molar-refractivity contribution in [1.82, 2.24) is 5.32 Å². The zero-order valence-corrected chi connectivity index (χ0v) is 10.9. The van der Waals surface area contributed by atoms with Crippen molar-refractivity contribution in [1.29, 1.82) is 0 Å². The maximum absolute atomic E-state index is 5.73. The number of rotatable bonds is 4. The predicted octanol–water partition coefficient (Wildman–Crippen LogP) is 3.26. The number of hydrogen-bond acceptors (Lipinski definition) is 2. The first-order valence-corrected chi connectivity index (χ1v) is 6.36. The molecule has 2 heteroatoms. The van der Waals surface area contributed by atoms with E-state index in [0.29, 0.717) is 0 Å². The predicted molar refractivity (Wildman–Crippen MR) is 71.0 cm³/mol. The molecule has 1 atom stereocenters. The summed E-state index contributed by atoms with van der Waals surface area (Å²) in [6, 6.07) is 6.66. The molecule has 0 saturated carbocycles. The van der Waals surface area contributed by atoms with Gasteiger partial charge in [0, 0.05) is 6.42 Å². The summed E-state index contributed by atoms with van der Waals surface area (Å²) in [6.07, 6.45) is 3.24. The van der Waals surface area contributed by atoms with Crippen molar-refractivity contribution in [2.24, 2.45) is 0 Å². The van der Waals surface area contributed by atoms with E-state index in [0.717, 1.165) is 25.3 Å². The van der Waals surface area contributed by atoms with Crippen LogP contribution < -0.4 is 5.32 Å². The van der Waals surface area contributed by atoms with Crippen molar-refractivity contribution in [3.05, 3.63) is 46.7 Å². The lowest BCUT2D eigenvalue weighted by molar-refractivity contribution is 0.215. The van der Waals surface area contributed by atoms with Gasteiger partial charge in [-0.2, -0.15) is 0 Å². The summed E-state index contributed by atoms with van der Waals surface area (Å²) in [5, 5.41) is 3.53. The lowest BCUT2D eigenvalue weighted by atomic mass is 9.94. The Hall–Kier alpha value is -1.28. The Morgan fingerprint density at radius 1 is 1.29 bits per heavy atom. The van der Waals surface area contributed by atoms with Gasteiger partial charge in [-0.15, -0.1) is 0 Å². The van der Waals surface area contributed by atoms with Crippen LogP contribution >= 0.6 is 0 Å². The van der Waals surface area contributed by atoms with Crippen LogP contribution in [0, 0.1) is 13.8 Å². The third-order valence-corrected chi connectivity index (χ3v) is 3.26. The van der Waals surface area contributed by atoms with Gasteiger partial charge in [0.1, 0.15) is 5.76 Å². The van der Waals surface area contributed by atoms with Gasteiger partial charge in [-0.05, 0) is 43.2 Å². The number of likely N-dealkylation sites (N-methyl/N-ethyl adjacent to an activating group) is 1. The van der Waals surface area contributed by atoms with Crippen LogP contribution in [0.5, 0.6) is 0 Å². The highest BCUT2D eigenvalue weighted by Crippen LogP contribution is 2.30. The van der Waals surface area contributed by atoms with E-state index in [-0.39, 0.29) is 6.04 Å². The standard InChI is InChI=1S/C15H21NO/c1-4-16-15(13-9-6-10-17-13)14-11(2)7-5-8-12(14)3/h5,7-9,15-16H,4,6,10H2,1-3H3. The molecule has 2 nitrogen and oxygen atoms in total. The highest BCUT2D eigenvalue weighted by molar-refractivity contribution is 5.39. The lowest BCUT2D eigenvalue weighted by Gasteiger charge is -2.23. The van der Waals surface area contributed by atoms with Gasteiger partial charge in [-0.1, -0.05) is 25.1 Å². The van der Waals surface area contributed by atoms with Gasteiger partial charge in [-0.25, -0.2) is 0 Å². The molecule has 2 rings (SSSR count). The number of ether oxygens (including phenoxy) is 1. The van der Waals surface area contributed by atoms with Crippen molar-refractivity contribution < 1.29 is 4.74 Å². The molecule has 1 aliphatic heterocycles. The topological polar surface area (TPSA) is 21.3 Å². The summed E-state index contributed by atoms with van der Waals surface area (Å²) in [6.45, 7) is 8.24. The largest absolute Gasteiger partial charge is 0.496 e. The summed E-state index contributed by atoms with van der Waals surface area (Å²) in [5.41, 5.74) is 4.02. The van der Waals surface area contributed by atoms with Gasteiger partial charge >= 0.3 is 0 Å². The molecule has 92 valence electrons. The SMILES string of the molecule is CCNC(C1=CCCO1)c1c(C)cccc1C. The third-order valence-electron chi connectivity index (χ3n) is 3.26. The summed E-state index contributed by atoms with van der Waals surface area (Å²) < 4.78 is 5.73. The van der Waals surface area contributed by atoms with Gasteiger partial charge in [0.25, 0.3) is 0 Å². The van der Waals surface area contributed by atoms with E-state index in [1.54, 1.807) is 0 Å². The second kappa shape index (κ2) is 5.37. The Morgan fingerprint density at radius 3 is 2.53 bits per heavy atom. The number of hydrogen-bond donors (Lipinski definition) is 1. The van der Waals surface area contributed by atoms with E-state index in [4.69, 9.17) is 4.74 Å². The molecule has 0 fully saturated rings. The third kappa shape index (κ3) is 2.52. The fraction of sp³-hybridized carbons (Fsp3) is 0.467.